The van der Waals surface area contributed by atoms with Gasteiger partial charge in [-0.15, -0.1) is 0 Å². The summed E-state index contributed by atoms with van der Waals surface area (Å²) in [6.07, 6.45) is 36.3. The quantitative estimate of drug-likeness (QED) is 0.0204. The van der Waals surface area contributed by atoms with Crippen LogP contribution in [0, 0.1) is 0 Å². The first-order chi connectivity index (χ1) is 25.6. The lowest BCUT2D eigenvalue weighted by Crippen LogP contribution is -2.43. The molecule has 0 aromatic heterocycles. The average Bonchev–Trinajstić information content (AvgIpc) is 3.13. The predicted molar refractivity (Wildman–Crippen MR) is 213 cm³/mol. The fourth-order valence-electron chi connectivity index (χ4n) is 5.70. The van der Waals surface area contributed by atoms with E-state index >= 15 is 0 Å². The van der Waals surface area contributed by atoms with Gasteiger partial charge in [0.1, 0.15) is 12.7 Å². The summed E-state index contributed by atoms with van der Waals surface area (Å²) in [7, 11) is -4.75. The summed E-state index contributed by atoms with van der Waals surface area (Å²) < 4.78 is 26.8. The number of esters is 1. The fourth-order valence-corrected chi connectivity index (χ4v) is 6.47. The molecular weight excluding hydrogens is 697 g/mol. The molecule has 0 aliphatic rings. The van der Waals surface area contributed by atoms with Crippen LogP contribution in [0.15, 0.2) is 24.3 Å². The molecule has 0 aromatic carbocycles. The Balaban J connectivity index is 3.94. The number of carboxylic acid groups (broad SMARTS) is 1. The van der Waals surface area contributed by atoms with Crippen LogP contribution in [0.5, 0.6) is 0 Å². The Hall–Kier alpha value is -2.04. The van der Waals surface area contributed by atoms with E-state index in [0.717, 1.165) is 57.8 Å². The second-order valence-corrected chi connectivity index (χ2v) is 15.6. The highest BCUT2D eigenvalue weighted by Gasteiger charge is 2.28. The lowest BCUT2D eigenvalue weighted by atomic mass is 10.1. The Morgan fingerprint density at radius 1 is 0.604 bits per heavy atom. The Kier molecular flexibility index (Phi) is 35.5. The molecule has 310 valence electrons. The third-order valence-electron chi connectivity index (χ3n) is 8.99. The number of amides is 1. The number of phosphoric ester groups is 1. The van der Waals surface area contributed by atoms with Crippen molar-refractivity contribution in [3.63, 3.8) is 0 Å². The Labute approximate surface area is 321 Å². The zero-order chi connectivity index (χ0) is 39.3. The van der Waals surface area contributed by atoms with Gasteiger partial charge in [-0.2, -0.15) is 0 Å². The van der Waals surface area contributed by atoms with Crippen LogP contribution in [0.25, 0.3) is 0 Å². The summed E-state index contributed by atoms with van der Waals surface area (Å²) in [5, 5.41) is 21.8. The Morgan fingerprint density at radius 3 is 1.55 bits per heavy atom. The molecule has 3 unspecified atom stereocenters. The number of ether oxygens (including phenoxy) is 1. The maximum Gasteiger partial charge on any atom is 0.472 e. The number of carbonyl (C=O) groups is 3. The summed E-state index contributed by atoms with van der Waals surface area (Å²) in [4.78, 5) is 45.8. The number of hydrogen-bond acceptors (Lipinski definition) is 8. The highest BCUT2D eigenvalue weighted by Crippen LogP contribution is 2.43. The molecule has 0 bridgehead atoms. The van der Waals surface area contributed by atoms with Crippen LogP contribution < -0.4 is 5.32 Å². The maximum absolute atomic E-state index is 12.3. The van der Waals surface area contributed by atoms with E-state index in [1.165, 1.54) is 89.9 Å². The van der Waals surface area contributed by atoms with Gasteiger partial charge in [0.25, 0.3) is 0 Å². The molecule has 53 heavy (non-hydrogen) atoms. The van der Waals surface area contributed by atoms with Gasteiger partial charge in [0.05, 0.1) is 13.2 Å². The minimum absolute atomic E-state index is 0.138. The minimum Gasteiger partial charge on any atom is -0.480 e. The van der Waals surface area contributed by atoms with Crippen LogP contribution >= 0.6 is 7.82 Å². The molecule has 1 amide bonds. The van der Waals surface area contributed by atoms with Gasteiger partial charge >= 0.3 is 19.8 Å². The van der Waals surface area contributed by atoms with Gasteiger partial charge in [-0.3, -0.25) is 18.6 Å². The molecule has 0 heterocycles. The van der Waals surface area contributed by atoms with Gasteiger partial charge in [-0.1, -0.05) is 154 Å². The highest BCUT2D eigenvalue weighted by molar-refractivity contribution is 7.47. The summed E-state index contributed by atoms with van der Waals surface area (Å²) in [6.45, 7) is 2.56. The second kappa shape index (κ2) is 36.9. The van der Waals surface area contributed by atoms with E-state index in [-0.39, 0.29) is 12.8 Å². The van der Waals surface area contributed by atoms with Gasteiger partial charge < -0.3 is 25.2 Å². The third kappa shape index (κ3) is 36.7. The zero-order valence-corrected chi connectivity index (χ0v) is 34.2. The average molecular weight is 774 g/mol. The lowest BCUT2D eigenvalue weighted by Gasteiger charge is -2.18. The van der Waals surface area contributed by atoms with E-state index < -0.39 is 57.6 Å². The monoisotopic (exact) mass is 774 g/mol. The van der Waals surface area contributed by atoms with Gasteiger partial charge in [0, 0.05) is 12.8 Å². The minimum atomic E-state index is -4.75. The third-order valence-corrected chi connectivity index (χ3v) is 9.94. The van der Waals surface area contributed by atoms with Crippen molar-refractivity contribution in [1.82, 2.24) is 5.32 Å². The molecule has 0 aliphatic heterocycles. The molecule has 3 atom stereocenters. The fraction of sp³-hybridized carbons (Fsp3) is 0.829. The van der Waals surface area contributed by atoms with Crippen LogP contribution in [0.2, 0.25) is 0 Å². The Morgan fingerprint density at radius 2 is 1.04 bits per heavy atom. The van der Waals surface area contributed by atoms with E-state index in [1.54, 1.807) is 0 Å². The number of hydrogen-bond donors (Lipinski definition) is 4. The van der Waals surface area contributed by atoms with Gasteiger partial charge in [-0.25, -0.2) is 9.36 Å². The summed E-state index contributed by atoms with van der Waals surface area (Å²) in [6, 6.07) is -1.55. The van der Waals surface area contributed by atoms with E-state index in [1.807, 2.05) is 0 Å². The van der Waals surface area contributed by atoms with E-state index in [2.05, 4.69) is 43.5 Å². The molecule has 0 saturated carbocycles. The number of nitrogens with one attached hydrogen (secondary N) is 1. The standard InChI is InChI=1S/C41H76NO10P/c1-3-5-7-9-11-13-15-16-17-18-19-20-21-23-24-26-28-30-32-39(44)42-38(41(46)47)36-52-53(48,49)51-35-37(43)34-50-40(45)33-31-29-27-25-22-14-12-10-8-6-4-2/h13,15,17-18,37-38,43H,3-12,14,16,19-36H2,1-2H3,(H,42,44)(H,46,47)(H,48,49)/b15-13-,18-17-. The number of aliphatic hydroxyl groups is 1. The molecule has 11 nitrogen and oxygen atoms in total. The van der Waals surface area contributed by atoms with Crippen molar-refractivity contribution in [3.05, 3.63) is 24.3 Å². The molecule has 0 fully saturated rings. The van der Waals surface area contributed by atoms with E-state index in [9.17, 15) is 34.1 Å². The lowest BCUT2D eigenvalue weighted by molar-refractivity contribution is -0.147. The van der Waals surface area contributed by atoms with Crippen LogP contribution in [-0.4, -0.2) is 64.9 Å². The number of allylic oxidation sites excluding steroid dienone is 4. The molecule has 0 rings (SSSR count). The number of carbonyl (C=O) groups excluding carboxylic acids is 2. The number of aliphatic hydroxyl groups excluding tert-OH is 1. The van der Waals surface area contributed by atoms with Gasteiger partial charge in [0.2, 0.25) is 5.91 Å². The number of aliphatic carboxylic acids is 1. The first kappa shape index (κ1) is 51.0. The maximum atomic E-state index is 12.3. The van der Waals surface area contributed by atoms with Gasteiger partial charge in [0.15, 0.2) is 6.04 Å². The molecule has 0 radical (unpaired) electrons. The summed E-state index contributed by atoms with van der Waals surface area (Å²) >= 11 is 0. The molecule has 0 spiro atoms. The van der Waals surface area contributed by atoms with Crippen molar-refractivity contribution >= 4 is 25.7 Å². The van der Waals surface area contributed by atoms with E-state index in [4.69, 9.17) is 13.8 Å². The smallest absolute Gasteiger partial charge is 0.472 e. The topological polar surface area (TPSA) is 169 Å². The number of phosphoric acid groups is 1. The van der Waals surface area contributed by atoms with Crippen molar-refractivity contribution in [2.45, 2.75) is 199 Å². The zero-order valence-electron chi connectivity index (χ0n) is 33.3. The van der Waals surface area contributed by atoms with Crippen molar-refractivity contribution < 1.29 is 47.8 Å². The van der Waals surface area contributed by atoms with Crippen molar-refractivity contribution in [3.8, 4) is 0 Å². The van der Waals surface area contributed by atoms with Crippen molar-refractivity contribution in [1.29, 1.82) is 0 Å². The first-order valence-corrected chi connectivity index (χ1v) is 22.4. The second-order valence-electron chi connectivity index (χ2n) is 14.2. The first-order valence-electron chi connectivity index (χ1n) is 20.9. The molecule has 12 heteroatoms. The van der Waals surface area contributed by atoms with Crippen molar-refractivity contribution in [2.75, 3.05) is 19.8 Å². The summed E-state index contributed by atoms with van der Waals surface area (Å²) in [5.74, 6) is -2.38. The van der Waals surface area contributed by atoms with Crippen LogP contribution in [0.1, 0.15) is 187 Å². The number of unbranched alkanes of at least 4 members (excludes halogenated alkanes) is 21. The molecular formula is C41H76NO10P. The number of carboxylic acids is 1. The highest BCUT2D eigenvalue weighted by atomic mass is 31.2. The molecule has 0 aliphatic carbocycles. The van der Waals surface area contributed by atoms with Crippen LogP contribution in [0.4, 0.5) is 0 Å². The van der Waals surface area contributed by atoms with Crippen LogP contribution in [-0.2, 0) is 32.7 Å². The molecule has 0 aromatic rings. The molecule has 0 saturated heterocycles. The molecule has 4 N–H and O–H groups in total. The van der Waals surface area contributed by atoms with Crippen molar-refractivity contribution in [2.24, 2.45) is 0 Å². The normalized spacial score (nSPS) is 14.0. The Bertz CT molecular complexity index is 1010. The number of rotatable bonds is 39. The van der Waals surface area contributed by atoms with E-state index in [0.29, 0.717) is 12.8 Å². The predicted octanol–water partition coefficient (Wildman–Crippen LogP) is 10.3. The largest absolute Gasteiger partial charge is 0.480 e. The van der Waals surface area contributed by atoms with Gasteiger partial charge in [-0.05, 0) is 44.9 Å². The summed E-state index contributed by atoms with van der Waals surface area (Å²) in [5.41, 5.74) is 0. The SMILES string of the molecule is CCCCCC/C=C\C/C=C\CCCCCCCCCC(=O)NC(COP(=O)(O)OCC(O)COC(=O)CCCCCCCCCCCCC)C(=O)O. The van der Waals surface area contributed by atoms with Crippen LogP contribution in [0.3, 0.4) is 0 Å².